The zero-order valence-corrected chi connectivity index (χ0v) is 17.9. The molecule has 2 heterocycles. The summed E-state index contributed by atoms with van der Waals surface area (Å²) in [5.74, 6) is 0.728. The van der Waals surface area contributed by atoms with E-state index < -0.39 is 0 Å². The maximum absolute atomic E-state index is 12.8. The number of nitrogens with one attached hydrogen (secondary N) is 2. The van der Waals surface area contributed by atoms with E-state index in [-0.39, 0.29) is 18.1 Å². The van der Waals surface area contributed by atoms with Crippen molar-refractivity contribution < 1.29 is 14.3 Å². The highest BCUT2D eigenvalue weighted by Crippen LogP contribution is 2.29. The van der Waals surface area contributed by atoms with Crippen LogP contribution in [0.1, 0.15) is 16.8 Å². The number of carbonyl (C=O) groups is 1. The minimum atomic E-state index is -0.267. The summed E-state index contributed by atoms with van der Waals surface area (Å²) in [4.78, 5) is 23.4. The number of carbonyl (C=O) groups excluding carboxylic acids is 1. The summed E-state index contributed by atoms with van der Waals surface area (Å²) >= 11 is 6.09. The first-order chi connectivity index (χ1) is 14.5. The van der Waals surface area contributed by atoms with Gasteiger partial charge in [-0.2, -0.15) is 0 Å². The number of nitrogens with zero attached hydrogens (tertiary/aromatic N) is 3. The maximum atomic E-state index is 12.8. The Bertz CT molecular complexity index is 854. The smallest absolute Gasteiger partial charge is 0.255 e. The minimum absolute atomic E-state index is 0.120. The number of rotatable bonds is 8. The maximum Gasteiger partial charge on any atom is 0.255 e. The van der Waals surface area contributed by atoms with Gasteiger partial charge in [0.05, 0.1) is 35.5 Å². The molecule has 162 valence electrons. The topological polar surface area (TPSA) is 115 Å². The number of hydrogen-bond donors (Lipinski definition) is 3. The number of nitrogens with two attached hydrogens (primary N) is 1. The quantitative estimate of drug-likeness (QED) is 0.537. The number of halogens is 1. The van der Waals surface area contributed by atoms with Gasteiger partial charge < -0.3 is 25.8 Å². The highest BCUT2D eigenvalue weighted by atomic mass is 35.5. The van der Waals surface area contributed by atoms with Gasteiger partial charge in [0.1, 0.15) is 5.75 Å². The fourth-order valence-corrected chi connectivity index (χ4v) is 3.63. The van der Waals surface area contributed by atoms with E-state index in [9.17, 15) is 4.79 Å². The van der Waals surface area contributed by atoms with Crippen LogP contribution in [0.3, 0.4) is 0 Å². The van der Waals surface area contributed by atoms with Crippen molar-refractivity contribution in [3.05, 3.63) is 41.2 Å². The van der Waals surface area contributed by atoms with Crippen molar-refractivity contribution in [3.63, 3.8) is 0 Å². The van der Waals surface area contributed by atoms with Gasteiger partial charge in [-0.15, -0.1) is 0 Å². The van der Waals surface area contributed by atoms with Crippen LogP contribution in [0.15, 0.2) is 30.6 Å². The molecule has 9 nitrogen and oxygen atoms in total. The van der Waals surface area contributed by atoms with Gasteiger partial charge in [-0.3, -0.25) is 9.69 Å². The Kier molecular flexibility index (Phi) is 7.67. The van der Waals surface area contributed by atoms with Crippen molar-refractivity contribution in [2.75, 3.05) is 51.4 Å². The second-order valence-electron chi connectivity index (χ2n) is 7.02. The summed E-state index contributed by atoms with van der Waals surface area (Å²) in [6.45, 7) is 3.08. The third-order valence-electron chi connectivity index (χ3n) is 5.10. The zero-order valence-electron chi connectivity index (χ0n) is 17.1. The lowest BCUT2D eigenvalue weighted by Crippen LogP contribution is -2.55. The third-order valence-corrected chi connectivity index (χ3v) is 5.43. The highest BCUT2D eigenvalue weighted by Gasteiger charge is 2.31. The van der Waals surface area contributed by atoms with Gasteiger partial charge in [0, 0.05) is 51.7 Å². The Morgan fingerprint density at radius 3 is 2.80 bits per heavy atom. The van der Waals surface area contributed by atoms with Crippen molar-refractivity contribution >= 4 is 29.1 Å². The minimum Gasteiger partial charge on any atom is -0.496 e. The van der Waals surface area contributed by atoms with Gasteiger partial charge in [0.15, 0.2) is 0 Å². The molecule has 0 bridgehead atoms. The molecular weight excluding hydrogens is 408 g/mol. The van der Waals surface area contributed by atoms with E-state index in [4.69, 9.17) is 26.8 Å². The van der Waals surface area contributed by atoms with Gasteiger partial charge in [0.25, 0.3) is 5.91 Å². The molecule has 1 fully saturated rings. The number of piperidine rings is 1. The van der Waals surface area contributed by atoms with E-state index in [0.29, 0.717) is 34.5 Å². The van der Waals surface area contributed by atoms with Crippen molar-refractivity contribution in [2.24, 2.45) is 0 Å². The largest absolute Gasteiger partial charge is 0.496 e. The van der Waals surface area contributed by atoms with Crippen molar-refractivity contribution in [2.45, 2.75) is 18.6 Å². The summed E-state index contributed by atoms with van der Waals surface area (Å²) in [5, 5.41) is 6.57. The van der Waals surface area contributed by atoms with Crippen molar-refractivity contribution in [1.29, 1.82) is 0 Å². The van der Waals surface area contributed by atoms with Gasteiger partial charge >= 0.3 is 0 Å². The number of hydrogen-bond acceptors (Lipinski definition) is 8. The van der Waals surface area contributed by atoms with Crippen LogP contribution in [0, 0.1) is 0 Å². The Morgan fingerprint density at radius 2 is 2.10 bits per heavy atom. The number of benzene rings is 1. The lowest BCUT2D eigenvalue weighted by molar-refractivity contribution is 0.00762. The molecule has 1 aromatic carbocycles. The molecule has 10 heteroatoms. The van der Waals surface area contributed by atoms with Crippen LogP contribution in [-0.4, -0.2) is 73.3 Å². The molecule has 0 spiro atoms. The second kappa shape index (κ2) is 10.4. The van der Waals surface area contributed by atoms with Gasteiger partial charge in [-0.1, -0.05) is 11.6 Å². The molecule has 1 aromatic heterocycles. The van der Waals surface area contributed by atoms with Crippen LogP contribution in [0.25, 0.3) is 0 Å². The first-order valence-electron chi connectivity index (χ1n) is 9.71. The number of ether oxygens (including phenoxy) is 2. The third kappa shape index (κ3) is 5.50. The Hall–Kier alpha value is -2.62. The predicted molar refractivity (Wildman–Crippen MR) is 116 cm³/mol. The standard InChI is InChI=1S/C20H27ClN6O3/c1-29-17-11-15(22)14(21)10-13(17)19(28)26-16-4-8-27(12-18(16)30-2)9-7-25-20-23-5-3-6-24-20/h3,5-6,10-11,16,18H,4,7-9,12,22H2,1-2H3,(H,26,28)(H,23,24,25)/t16-,18+/m1/s1. The van der Waals surface area contributed by atoms with Crippen molar-refractivity contribution in [1.82, 2.24) is 20.2 Å². The fraction of sp³-hybridized carbons (Fsp3) is 0.450. The van der Waals surface area contributed by atoms with Crippen LogP contribution < -0.4 is 21.1 Å². The molecule has 1 aliphatic heterocycles. The lowest BCUT2D eigenvalue weighted by atomic mass is 10.0. The molecule has 0 aliphatic carbocycles. The van der Waals surface area contributed by atoms with E-state index in [0.717, 1.165) is 26.1 Å². The molecule has 0 radical (unpaired) electrons. The molecule has 1 aliphatic rings. The van der Waals surface area contributed by atoms with E-state index in [1.807, 2.05) is 0 Å². The Balaban J connectivity index is 1.55. The molecule has 2 atom stereocenters. The molecule has 1 amide bonds. The molecule has 0 unspecified atom stereocenters. The molecule has 30 heavy (non-hydrogen) atoms. The molecule has 1 saturated heterocycles. The molecular formula is C20H27ClN6O3. The van der Waals surface area contributed by atoms with Crippen LogP contribution >= 0.6 is 11.6 Å². The fourth-order valence-electron chi connectivity index (χ4n) is 3.47. The van der Waals surface area contributed by atoms with Crippen LogP contribution in [0.5, 0.6) is 5.75 Å². The van der Waals surface area contributed by atoms with Crippen LogP contribution in [-0.2, 0) is 4.74 Å². The summed E-state index contributed by atoms with van der Waals surface area (Å²) in [5.41, 5.74) is 6.52. The van der Waals surface area contributed by atoms with Crippen LogP contribution in [0.2, 0.25) is 5.02 Å². The molecule has 4 N–H and O–H groups in total. The van der Waals surface area contributed by atoms with E-state index in [2.05, 4.69) is 25.5 Å². The second-order valence-corrected chi connectivity index (χ2v) is 7.42. The van der Waals surface area contributed by atoms with E-state index in [1.165, 1.54) is 13.2 Å². The monoisotopic (exact) mass is 434 g/mol. The summed E-state index contributed by atoms with van der Waals surface area (Å²) < 4.78 is 10.9. The van der Waals surface area contributed by atoms with Gasteiger partial charge in [-0.05, 0) is 18.6 Å². The average Bonchev–Trinajstić information content (AvgIpc) is 2.76. The van der Waals surface area contributed by atoms with Gasteiger partial charge in [-0.25, -0.2) is 9.97 Å². The number of likely N-dealkylation sites (tertiary alicyclic amines) is 1. The lowest BCUT2D eigenvalue weighted by Gasteiger charge is -2.38. The van der Waals surface area contributed by atoms with Gasteiger partial charge in [0.2, 0.25) is 5.95 Å². The Morgan fingerprint density at radius 1 is 1.33 bits per heavy atom. The number of anilines is 2. The van der Waals surface area contributed by atoms with E-state index >= 15 is 0 Å². The van der Waals surface area contributed by atoms with Crippen LogP contribution in [0.4, 0.5) is 11.6 Å². The predicted octanol–water partition coefficient (Wildman–Crippen LogP) is 1.65. The highest BCUT2D eigenvalue weighted by molar-refractivity contribution is 6.33. The molecule has 3 rings (SSSR count). The first-order valence-corrected chi connectivity index (χ1v) is 10.1. The van der Waals surface area contributed by atoms with Crippen molar-refractivity contribution in [3.8, 4) is 5.75 Å². The number of aromatic nitrogens is 2. The number of methoxy groups -OCH3 is 2. The summed E-state index contributed by atoms with van der Waals surface area (Å²) in [7, 11) is 3.15. The number of amides is 1. The molecule has 0 saturated carbocycles. The summed E-state index contributed by atoms with van der Waals surface area (Å²) in [6, 6.07) is 4.74. The summed E-state index contributed by atoms with van der Waals surface area (Å²) in [6.07, 6.45) is 4.03. The molecule has 2 aromatic rings. The first kappa shape index (κ1) is 22.1. The van der Waals surface area contributed by atoms with E-state index in [1.54, 1.807) is 31.6 Å². The normalized spacial score (nSPS) is 19.3. The number of nitrogen functional groups attached to an aromatic ring is 1. The SMILES string of the molecule is COc1cc(N)c(Cl)cc1C(=O)N[C@@H]1CCN(CCNc2ncccn2)C[C@@H]1OC. The zero-order chi connectivity index (χ0) is 21.5. The Labute approximate surface area is 180 Å². The average molecular weight is 435 g/mol.